The van der Waals surface area contributed by atoms with Gasteiger partial charge in [-0.3, -0.25) is 4.79 Å². The van der Waals surface area contributed by atoms with E-state index in [0.717, 1.165) is 42.3 Å². The average molecular weight is 579 g/mol. The Morgan fingerprint density at radius 3 is 2.46 bits per heavy atom. The van der Waals surface area contributed by atoms with Gasteiger partial charge in [-0.15, -0.1) is 11.3 Å². The van der Waals surface area contributed by atoms with Gasteiger partial charge in [0.25, 0.3) is 5.91 Å². The van der Waals surface area contributed by atoms with E-state index in [9.17, 15) is 4.79 Å². The molecule has 6 rings (SSSR count). The van der Waals surface area contributed by atoms with E-state index in [4.69, 9.17) is 5.26 Å². The number of rotatable bonds is 9. The molecule has 1 amide bonds. The van der Waals surface area contributed by atoms with Crippen LogP contribution in [0.2, 0.25) is 0 Å². The highest BCUT2D eigenvalue weighted by atomic mass is 32.1. The maximum atomic E-state index is 12.7. The summed E-state index contributed by atoms with van der Waals surface area (Å²) in [5, 5.41) is 19.1. The summed E-state index contributed by atoms with van der Waals surface area (Å²) in [5.74, 6) is 0.137. The number of thiophene rings is 2. The molecule has 1 saturated heterocycles. The van der Waals surface area contributed by atoms with Crippen molar-refractivity contribution in [2.75, 3.05) is 31.1 Å². The summed E-state index contributed by atoms with van der Waals surface area (Å²) in [6.45, 7) is 4.48. The smallest absolute Gasteiger partial charge is 0.264 e. The van der Waals surface area contributed by atoms with Crippen LogP contribution in [-0.4, -0.2) is 46.5 Å². The van der Waals surface area contributed by atoms with E-state index in [2.05, 4.69) is 66.9 Å². The molecule has 1 aliphatic heterocycles. The van der Waals surface area contributed by atoms with Crippen LogP contribution in [0.3, 0.4) is 0 Å². The van der Waals surface area contributed by atoms with Crippen molar-refractivity contribution in [2.24, 2.45) is 0 Å². The molecule has 1 atom stereocenters. The predicted molar refractivity (Wildman–Crippen MR) is 164 cm³/mol. The van der Waals surface area contributed by atoms with E-state index < -0.39 is 0 Å². The summed E-state index contributed by atoms with van der Waals surface area (Å²) in [6.07, 6.45) is 3.77. The third-order valence-electron chi connectivity index (χ3n) is 7.49. The highest BCUT2D eigenvalue weighted by Gasteiger charge is 2.23. The van der Waals surface area contributed by atoms with Gasteiger partial charge in [0.2, 0.25) is 0 Å². The lowest BCUT2D eigenvalue weighted by Gasteiger charge is -2.36. The van der Waals surface area contributed by atoms with Crippen LogP contribution >= 0.6 is 22.7 Å². The molecule has 1 fully saturated rings. The van der Waals surface area contributed by atoms with Gasteiger partial charge in [-0.1, -0.05) is 30.3 Å². The van der Waals surface area contributed by atoms with Crippen molar-refractivity contribution in [2.45, 2.75) is 19.1 Å². The highest BCUT2D eigenvalue weighted by molar-refractivity contribution is 7.12. The van der Waals surface area contributed by atoms with Gasteiger partial charge >= 0.3 is 0 Å². The quantitative estimate of drug-likeness (QED) is 0.240. The summed E-state index contributed by atoms with van der Waals surface area (Å²) in [4.78, 5) is 22.2. The maximum Gasteiger partial charge on any atom is 0.264 e. The van der Waals surface area contributed by atoms with Crippen LogP contribution in [-0.2, 0) is 13.1 Å². The molecule has 9 heteroatoms. The molecule has 1 unspecified atom stereocenters. The first kappa shape index (κ1) is 27.0. The number of benzene rings is 2. The van der Waals surface area contributed by atoms with Gasteiger partial charge in [-0.25, -0.2) is 4.98 Å². The molecule has 206 valence electrons. The number of nitriles is 1. The van der Waals surface area contributed by atoms with E-state index in [0.29, 0.717) is 18.7 Å². The zero-order chi connectivity index (χ0) is 28.0. The van der Waals surface area contributed by atoms with Crippen LogP contribution in [0.15, 0.2) is 95.4 Å². The number of piperazine rings is 1. The Morgan fingerprint density at radius 1 is 0.976 bits per heavy atom. The molecule has 7 nitrogen and oxygen atoms in total. The maximum absolute atomic E-state index is 12.7. The first-order valence-corrected chi connectivity index (χ1v) is 15.4. The van der Waals surface area contributed by atoms with Crippen LogP contribution < -0.4 is 10.2 Å². The topological polar surface area (TPSA) is 77.2 Å². The van der Waals surface area contributed by atoms with Crippen molar-refractivity contribution < 1.29 is 4.79 Å². The zero-order valence-electron chi connectivity index (χ0n) is 22.5. The number of nitrogens with one attached hydrogen (secondary N) is 1. The lowest BCUT2D eigenvalue weighted by molar-refractivity contribution is 0.0751. The Balaban J connectivity index is 1.11. The fourth-order valence-corrected chi connectivity index (χ4v) is 6.57. The third kappa shape index (κ3) is 6.25. The number of nitrogens with zero attached hydrogens (tertiary/aromatic N) is 5. The van der Waals surface area contributed by atoms with Crippen LogP contribution in [0.5, 0.6) is 0 Å². The molecule has 0 radical (unpaired) electrons. The number of anilines is 1. The van der Waals surface area contributed by atoms with Crippen LogP contribution in [0.25, 0.3) is 0 Å². The van der Waals surface area contributed by atoms with E-state index in [-0.39, 0.29) is 11.9 Å². The first-order chi connectivity index (χ1) is 20.2. The zero-order valence-corrected chi connectivity index (χ0v) is 24.2. The van der Waals surface area contributed by atoms with Crippen LogP contribution in [0, 0.1) is 11.3 Å². The fourth-order valence-electron chi connectivity index (χ4n) is 5.19. The Kier molecular flexibility index (Phi) is 8.23. The Labute approximate surface area is 247 Å². The number of hydrogen-bond donors (Lipinski definition) is 1. The van der Waals surface area contributed by atoms with Gasteiger partial charge in [0, 0.05) is 51.2 Å². The second-order valence-corrected chi connectivity index (χ2v) is 11.8. The van der Waals surface area contributed by atoms with E-state index in [1.807, 2.05) is 59.2 Å². The molecule has 3 aromatic heterocycles. The summed E-state index contributed by atoms with van der Waals surface area (Å²) in [5.41, 5.74) is 6.52. The van der Waals surface area contributed by atoms with Crippen molar-refractivity contribution in [3.05, 3.63) is 128 Å². The van der Waals surface area contributed by atoms with E-state index in [1.165, 1.54) is 28.2 Å². The second-order valence-electron chi connectivity index (χ2n) is 10.0. The summed E-state index contributed by atoms with van der Waals surface area (Å²) >= 11 is 3.21. The van der Waals surface area contributed by atoms with E-state index >= 15 is 0 Å². The molecular formula is C32H30N6OS2. The summed E-state index contributed by atoms with van der Waals surface area (Å²) < 4.78 is 2.14. The number of amides is 1. The molecule has 1 N–H and O–H groups in total. The monoisotopic (exact) mass is 578 g/mol. The van der Waals surface area contributed by atoms with Gasteiger partial charge in [0.05, 0.1) is 34.6 Å². The number of carbonyl (C=O) groups excluding carboxylic acids is 1. The minimum Gasteiger partial charge on any atom is -0.368 e. The van der Waals surface area contributed by atoms with Crippen molar-refractivity contribution in [3.8, 4) is 6.07 Å². The molecule has 41 heavy (non-hydrogen) atoms. The third-order valence-corrected chi connectivity index (χ3v) is 9.05. The van der Waals surface area contributed by atoms with Crippen molar-refractivity contribution in [1.29, 1.82) is 5.26 Å². The SMILES string of the molecule is N#Cc1ccc(Cn2cncc2CNC(c2ccc(N3CCN(C(=O)c4cccs4)CC3)cc2)c2ccsc2)cc1. The van der Waals surface area contributed by atoms with Gasteiger partial charge in [-0.05, 0) is 69.2 Å². The Morgan fingerprint density at radius 2 is 1.78 bits per heavy atom. The van der Waals surface area contributed by atoms with Crippen molar-refractivity contribution in [1.82, 2.24) is 19.8 Å². The molecule has 1 aliphatic rings. The van der Waals surface area contributed by atoms with Gasteiger partial charge in [-0.2, -0.15) is 16.6 Å². The number of carbonyl (C=O) groups is 1. The number of aromatic nitrogens is 2. The lowest BCUT2D eigenvalue weighted by Crippen LogP contribution is -2.48. The molecule has 5 aromatic rings. The number of imidazole rings is 1. The standard InChI is InChI=1S/C32H30N6OS2/c33-18-24-3-5-25(6-4-24)21-38-23-34-19-29(38)20-35-31(27-11-17-40-22-27)26-7-9-28(10-8-26)36-12-14-37(15-13-36)32(39)30-2-1-16-41-30/h1-11,16-17,19,22-23,31,35H,12-15,20-21H2. The molecule has 0 saturated carbocycles. The summed E-state index contributed by atoms with van der Waals surface area (Å²) in [7, 11) is 0. The van der Waals surface area contributed by atoms with Crippen molar-refractivity contribution >= 4 is 34.3 Å². The van der Waals surface area contributed by atoms with Crippen LogP contribution in [0.4, 0.5) is 5.69 Å². The predicted octanol–water partition coefficient (Wildman–Crippen LogP) is 5.77. The number of hydrogen-bond acceptors (Lipinski definition) is 7. The summed E-state index contributed by atoms with van der Waals surface area (Å²) in [6, 6.07) is 24.7. The molecule has 0 aliphatic carbocycles. The van der Waals surface area contributed by atoms with Gasteiger partial charge in [0.15, 0.2) is 0 Å². The van der Waals surface area contributed by atoms with Gasteiger partial charge < -0.3 is 19.7 Å². The minimum absolute atomic E-state index is 0.0498. The Bertz CT molecular complexity index is 1590. The average Bonchev–Trinajstić information content (AvgIpc) is 3.82. The van der Waals surface area contributed by atoms with Crippen LogP contribution in [0.1, 0.15) is 43.7 Å². The Hall–Kier alpha value is -4.23. The largest absolute Gasteiger partial charge is 0.368 e. The minimum atomic E-state index is 0.0498. The second kappa shape index (κ2) is 12.5. The normalized spacial score (nSPS) is 14.1. The molecule has 0 spiro atoms. The molecular weight excluding hydrogens is 549 g/mol. The molecule has 0 bridgehead atoms. The van der Waals surface area contributed by atoms with E-state index in [1.54, 1.807) is 11.3 Å². The van der Waals surface area contributed by atoms with Crippen molar-refractivity contribution in [3.63, 3.8) is 0 Å². The fraction of sp³-hybridized carbons (Fsp3) is 0.219. The lowest BCUT2D eigenvalue weighted by atomic mass is 10.0. The first-order valence-electron chi connectivity index (χ1n) is 13.6. The van der Waals surface area contributed by atoms with Gasteiger partial charge in [0.1, 0.15) is 0 Å². The molecule has 2 aromatic carbocycles. The highest BCUT2D eigenvalue weighted by Crippen LogP contribution is 2.27. The molecule has 4 heterocycles.